The molecule has 0 unspecified atom stereocenters. The zero-order chi connectivity index (χ0) is 20.7. The number of amides is 3. The van der Waals surface area contributed by atoms with Crippen LogP contribution in [0.25, 0.3) is 0 Å². The van der Waals surface area contributed by atoms with Crippen molar-refractivity contribution in [3.8, 4) is 0 Å². The zero-order valence-corrected chi connectivity index (χ0v) is 16.8. The molecule has 0 heterocycles. The highest BCUT2D eigenvalue weighted by Crippen LogP contribution is 2.15. The van der Waals surface area contributed by atoms with Crippen LogP contribution in [-0.4, -0.2) is 23.8 Å². The first kappa shape index (κ1) is 21.2. The Labute approximate surface area is 165 Å². The van der Waals surface area contributed by atoms with Gasteiger partial charge in [0.25, 0.3) is 0 Å². The quantitative estimate of drug-likeness (QED) is 0.620. The van der Waals surface area contributed by atoms with Crippen LogP contribution < -0.4 is 16.0 Å². The summed E-state index contributed by atoms with van der Waals surface area (Å²) in [5.74, 6) is -0.274. The highest BCUT2D eigenvalue weighted by atomic mass is 16.2. The van der Waals surface area contributed by atoms with Gasteiger partial charge in [0.1, 0.15) is 0 Å². The molecule has 6 nitrogen and oxygen atoms in total. The molecule has 0 aromatic heterocycles. The third-order valence-electron chi connectivity index (χ3n) is 4.25. The summed E-state index contributed by atoms with van der Waals surface area (Å²) in [6, 6.07) is 12.1. The number of aryl methyl sites for hydroxylation is 2. The summed E-state index contributed by atoms with van der Waals surface area (Å²) >= 11 is 0. The molecule has 2 aromatic carbocycles. The van der Waals surface area contributed by atoms with E-state index in [1.54, 1.807) is 30.3 Å². The first-order valence-corrected chi connectivity index (χ1v) is 9.32. The van der Waals surface area contributed by atoms with E-state index < -0.39 is 0 Å². The Balaban J connectivity index is 1.83. The van der Waals surface area contributed by atoms with Gasteiger partial charge < -0.3 is 16.0 Å². The molecule has 0 radical (unpaired) electrons. The molecule has 6 heteroatoms. The average Bonchev–Trinajstić information content (AvgIpc) is 2.63. The van der Waals surface area contributed by atoms with Crippen molar-refractivity contribution in [1.82, 2.24) is 5.32 Å². The van der Waals surface area contributed by atoms with Crippen molar-refractivity contribution in [2.75, 3.05) is 10.6 Å². The molecule has 148 valence electrons. The summed E-state index contributed by atoms with van der Waals surface area (Å²) in [5.41, 5.74) is 4.06. The van der Waals surface area contributed by atoms with E-state index in [0.29, 0.717) is 16.9 Å². The first-order valence-electron chi connectivity index (χ1n) is 9.32. The van der Waals surface area contributed by atoms with Gasteiger partial charge in [0.2, 0.25) is 5.91 Å². The van der Waals surface area contributed by atoms with E-state index in [0.717, 1.165) is 11.1 Å². The normalized spacial score (nSPS) is 10.5. The van der Waals surface area contributed by atoms with E-state index in [-0.39, 0.29) is 36.6 Å². The minimum absolute atomic E-state index is 0.0464. The predicted molar refractivity (Wildman–Crippen MR) is 112 cm³/mol. The monoisotopic (exact) mass is 381 g/mol. The summed E-state index contributed by atoms with van der Waals surface area (Å²) in [4.78, 5) is 36.0. The molecule has 0 aliphatic heterocycles. The highest BCUT2D eigenvalue weighted by molar-refractivity contribution is 6.00. The zero-order valence-electron chi connectivity index (χ0n) is 16.8. The number of ketones is 1. The SMILES string of the molecule is Cc1ccc(C(=O)CCC(=O)Nc2ccc(NC(=O)NC(C)C)cc2)cc1C. The Morgan fingerprint density at radius 1 is 0.821 bits per heavy atom. The minimum atomic E-state index is -0.281. The third-order valence-corrected chi connectivity index (χ3v) is 4.25. The Kier molecular flexibility index (Phi) is 7.32. The number of hydrogen-bond acceptors (Lipinski definition) is 3. The molecule has 0 saturated carbocycles. The number of benzene rings is 2. The maximum atomic E-state index is 12.3. The van der Waals surface area contributed by atoms with Crippen molar-refractivity contribution < 1.29 is 14.4 Å². The largest absolute Gasteiger partial charge is 0.336 e. The Morgan fingerprint density at radius 3 is 2.00 bits per heavy atom. The van der Waals surface area contributed by atoms with Crippen molar-refractivity contribution in [2.24, 2.45) is 0 Å². The van der Waals surface area contributed by atoms with Gasteiger partial charge in [-0.05, 0) is 69.2 Å². The number of anilines is 2. The lowest BCUT2D eigenvalue weighted by Crippen LogP contribution is -2.34. The fraction of sp³-hybridized carbons (Fsp3) is 0.318. The molecular weight excluding hydrogens is 354 g/mol. The lowest BCUT2D eigenvalue weighted by Gasteiger charge is -2.11. The van der Waals surface area contributed by atoms with Gasteiger partial charge in [-0.1, -0.05) is 12.1 Å². The summed E-state index contributed by atoms with van der Waals surface area (Å²) in [7, 11) is 0. The Morgan fingerprint density at radius 2 is 1.43 bits per heavy atom. The number of urea groups is 1. The van der Waals surface area contributed by atoms with Gasteiger partial charge in [-0.15, -0.1) is 0 Å². The molecule has 0 fully saturated rings. The molecular formula is C22H27N3O3. The molecule has 0 aliphatic rings. The maximum absolute atomic E-state index is 12.3. The molecule has 0 saturated heterocycles. The first-order chi connectivity index (χ1) is 13.2. The molecule has 0 aliphatic carbocycles. The topological polar surface area (TPSA) is 87.3 Å². The Bertz CT molecular complexity index is 858. The van der Waals surface area contributed by atoms with Crippen molar-refractivity contribution in [3.05, 3.63) is 59.2 Å². The molecule has 28 heavy (non-hydrogen) atoms. The predicted octanol–water partition coefficient (Wildman–Crippen LogP) is 4.43. The summed E-state index contributed by atoms with van der Waals surface area (Å²) < 4.78 is 0. The number of rotatable bonds is 7. The van der Waals surface area contributed by atoms with Crippen molar-refractivity contribution in [2.45, 2.75) is 46.6 Å². The second-order valence-electron chi connectivity index (χ2n) is 7.10. The van der Waals surface area contributed by atoms with E-state index in [1.807, 2.05) is 39.8 Å². The lowest BCUT2D eigenvalue weighted by molar-refractivity contribution is -0.116. The van der Waals surface area contributed by atoms with Crippen LogP contribution in [0.4, 0.5) is 16.2 Å². The van der Waals surface area contributed by atoms with Crippen LogP contribution in [0.1, 0.15) is 48.2 Å². The average molecular weight is 381 g/mol. The van der Waals surface area contributed by atoms with Gasteiger partial charge in [0.15, 0.2) is 5.78 Å². The van der Waals surface area contributed by atoms with E-state index in [9.17, 15) is 14.4 Å². The van der Waals surface area contributed by atoms with Crippen LogP contribution in [0.2, 0.25) is 0 Å². The number of carbonyl (C=O) groups excluding carboxylic acids is 3. The summed E-state index contributed by atoms with van der Waals surface area (Å²) in [5, 5.41) is 8.21. The van der Waals surface area contributed by atoms with E-state index in [2.05, 4.69) is 16.0 Å². The van der Waals surface area contributed by atoms with Gasteiger partial charge in [0.05, 0.1) is 0 Å². The molecule has 0 atom stereocenters. The molecule has 3 amide bonds. The van der Waals surface area contributed by atoms with Crippen LogP contribution in [-0.2, 0) is 4.79 Å². The third kappa shape index (κ3) is 6.54. The van der Waals surface area contributed by atoms with E-state index >= 15 is 0 Å². The number of hydrogen-bond donors (Lipinski definition) is 3. The minimum Gasteiger partial charge on any atom is -0.336 e. The van der Waals surface area contributed by atoms with Gasteiger partial charge in [-0.3, -0.25) is 9.59 Å². The molecule has 2 rings (SSSR count). The van der Waals surface area contributed by atoms with Crippen molar-refractivity contribution >= 4 is 29.1 Å². The van der Waals surface area contributed by atoms with Gasteiger partial charge in [0, 0.05) is 35.8 Å². The smallest absolute Gasteiger partial charge is 0.319 e. The summed E-state index contributed by atoms with van der Waals surface area (Å²) in [6.07, 6.45) is 0.270. The van der Waals surface area contributed by atoms with Crippen molar-refractivity contribution in [1.29, 1.82) is 0 Å². The van der Waals surface area contributed by atoms with Crippen LogP contribution in [0.15, 0.2) is 42.5 Å². The van der Waals surface area contributed by atoms with E-state index in [4.69, 9.17) is 0 Å². The highest BCUT2D eigenvalue weighted by Gasteiger charge is 2.11. The van der Waals surface area contributed by atoms with Crippen LogP contribution in [0.3, 0.4) is 0 Å². The van der Waals surface area contributed by atoms with E-state index in [1.165, 1.54) is 0 Å². The fourth-order valence-electron chi connectivity index (χ4n) is 2.58. The molecule has 0 spiro atoms. The van der Waals surface area contributed by atoms with Crippen molar-refractivity contribution in [3.63, 3.8) is 0 Å². The number of carbonyl (C=O) groups is 3. The molecule has 2 aromatic rings. The second kappa shape index (κ2) is 9.69. The maximum Gasteiger partial charge on any atom is 0.319 e. The molecule has 3 N–H and O–H groups in total. The lowest BCUT2D eigenvalue weighted by atomic mass is 10.0. The second-order valence-corrected chi connectivity index (χ2v) is 7.10. The van der Waals surface area contributed by atoms with Crippen LogP contribution >= 0.6 is 0 Å². The standard InChI is InChI=1S/C22H27N3O3/c1-14(2)23-22(28)25-19-9-7-18(8-10-19)24-21(27)12-11-20(26)17-6-5-15(3)16(4)13-17/h5-10,13-14H,11-12H2,1-4H3,(H,24,27)(H2,23,25,28). The van der Waals surface area contributed by atoms with Gasteiger partial charge in [-0.25, -0.2) is 4.79 Å². The number of nitrogens with one attached hydrogen (secondary N) is 3. The Hall–Kier alpha value is -3.15. The summed E-state index contributed by atoms with van der Waals surface area (Å²) in [6.45, 7) is 7.71. The van der Waals surface area contributed by atoms with Gasteiger partial charge >= 0.3 is 6.03 Å². The molecule has 0 bridgehead atoms. The fourth-order valence-corrected chi connectivity index (χ4v) is 2.58. The van der Waals surface area contributed by atoms with Crippen LogP contribution in [0.5, 0.6) is 0 Å². The van der Waals surface area contributed by atoms with Crippen LogP contribution in [0, 0.1) is 13.8 Å². The number of Topliss-reactive ketones (excluding diaryl/α,β-unsaturated/α-hetero) is 1. The van der Waals surface area contributed by atoms with Gasteiger partial charge in [-0.2, -0.15) is 0 Å².